The second-order valence-corrected chi connectivity index (χ2v) is 5.23. The number of hydrogen-bond donors (Lipinski definition) is 1. The molecule has 1 aromatic carbocycles. The molecule has 0 spiro atoms. The highest BCUT2D eigenvalue weighted by molar-refractivity contribution is 7.12. The average Bonchev–Trinajstić information content (AvgIpc) is 3.02. The molecule has 0 unspecified atom stereocenters. The first-order chi connectivity index (χ1) is 11.1. The number of rotatable bonds is 7. The summed E-state index contributed by atoms with van der Waals surface area (Å²) in [6.45, 7) is 3.94. The first-order valence-corrected chi connectivity index (χ1v) is 7.38. The molecule has 1 N–H and O–H groups in total. The number of carbonyl (C=O) groups excluding carboxylic acids is 1. The van der Waals surface area contributed by atoms with Gasteiger partial charge in [0, 0.05) is 11.6 Å². The van der Waals surface area contributed by atoms with Crippen LogP contribution in [0.15, 0.2) is 53.5 Å². The summed E-state index contributed by atoms with van der Waals surface area (Å²) in [5, 5.41) is 15.7. The van der Waals surface area contributed by atoms with Crippen molar-refractivity contribution in [2.75, 3.05) is 6.61 Å². The number of nitrogens with zero attached hydrogens (tertiary/aromatic N) is 2. The molecule has 23 heavy (non-hydrogen) atoms. The predicted molar refractivity (Wildman–Crippen MR) is 88.2 cm³/mol. The van der Waals surface area contributed by atoms with Gasteiger partial charge in [0.1, 0.15) is 12.4 Å². The van der Waals surface area contributed by atoms with Gasteiger partial charge in [0.2, 0.25) is 0 Å². The Morgan fingerprint density at radius 2 is 2.17 bits per heavy atom. The van der Waals surface area contributed by atoms with Gasteiger partial charge < -0.3 is 4.74 Å². The highest BCUT2D eigenvalue weighted by atomic mass is 32.1. The van der Waals surface area contributed by atoms with Crippen molar-refractivity contribution in [2.24, 2.45) is 5.10 Å². The van der Waals surface area contributed by atoms with Crippen LogP contribution in [0, 0.1) is 10.1 Å². The first-order valence-electron chi connectivity index (χ1n) is 6.50. The van der Waals surface area contributed by atoms with Crippen LogP contribution in [0.5, 0.6) is 5.75 Å². The molecule has 2 rings (SSSR count). The number of benzene rings is 1. The fourth-order valence-electron chi connectivity index (χ4n) is 1.58. The lowest BCUT2D eigenvalue weighted by Gasteiger charge is -2.04. The SMILES string of the molecule is C=CCOc1ccc(C(=O)N/N=C\c2cc([N+](=O)[O-])cs2)cc1. The van der Waals surface area contributed by atoms with E-state index >= 15 is 0 Å². The van der Waals surface area contributed by atoms with E-state index in [1.54, 1.807) is 30.3 Å². The minimum atomic E-state index is -0.484. The highest BCUT2D eigenvalue weighted by Crippen LogP contribution is 2.19. The van der Waals surface area contributed by atoms with Crippen LogP contribution < -0.4 is 10.2 Å². The number of ether oxygens (including phenoxy) is 1. The molecule has 8 heteroatoms. The van der Waals surface area contributed by atoms with Crippen molar-refractivity contribution in [3.63, 3.8) is 0 Å². The third-order valence-electron chi connectivity index (χ3n) is 2.66. The summed E-state index contributed by atoms with van der Waals surface area (Å²) in [5.74, 6) is 0.249. The van der Waals surface area contributed by atoms with E-state index in [9.17, 15) is 14.9 Å². The van der Waals surface area contributed by atoms with Gasteiger partial charge in [0.15, 0.2) is 0 Å². The van der Waals surface area contributed by atoms with Crippen LogP contribution in [0.25, 0.3) is 0 Å². The fraction of sp³-hybridized carbons (Fsp3) is 0.0667. The van der Waals surface area contributed by atoms with Crippen LogP contribution in [0.4, 0.5) is 5.69 Å². The maximum Gasteiger partial charge on any atom is 0.280 e. The fourth-order valence-corrected chi connectivity index (χ4v) is 2.30. The van der Waals surface area contributed by atoms with Gasteiger partial charge in [0.05, 0.1) is 21.4 Å². The van der Waals surface area contributed by atoms with Crippen molar-refractivity contribution < 1.29 is 14.5 Å². The summed E-state index contributed by atoms with van der Waals surface area (Å²) < 4.78 is 5.32. The van der Waals surface area contributed by atoms with Crippen molar-refractivity contribution in [3.8, 4) is 5.75 Å². The molecule has 0 aliphatic heterocycles. The molecule has 0 atom stereocenters. The summed E-state index contributed by atoms with van der Waals surface area (Å²) >= 11 is 1.17. The van der Waals surface area contributed by atoms with Crippen LogP contribution in [0.1, 0.15) is 15.2 Å². The van der Waals surface area contributed by atoms with Gasteiger partial charge in [-0.3, -0.25) is 14.9 Å². The zero-order valence-corrected chi connectivity index (χ0v) is 12.8. The smallest absolute Gasteiger partial charge is 0.280 e. The van der Waals surface area contributed by atoms with Crippen molar-refractivity contribution in [1.29, 1.82) is 0 Å². The Morgan fingerprint density at radius 3 is 2.78 bits per heavy atom. The lowest BCUT2D eigenvalue weighted by molar-refractivity contribution is -0.384. The van der Waals surface area contributed by atoms with E-state index in [0.29, 0.717) is 22.8 Å². The molecule has 0 radical (unpaired) electrons. The molecule has 1 aromatic heterocycles. The van der Waals surface area contributed by atoms with Gasteiger partial charge in [0.25, 0.3) is 11.6 Å². The maximum atomic E-state index is 11.9. The zero-order chi connectivity index (χ0) is 16.7. The quantitative estimate of drug-likeness (QED) is 0.365. The average molecular weight is 331 g/mol. The van der Waals surface area contributed by atoms with Gasteiger partial charge in [-0.1, -0.05) is 12.7 Å². The lowest BCUT2D eigenvalue weighted by Crippen LogP contribution is -2.17. The molecular weight excluding hydrogens is 318 g/mol. The predicted octanol–water partition coefficient (Wildman–Crippen LogP) is 2.99. The Bertz CT molecular complexity index is 737. The zero-order valence-electron chi connectivity index (χ0n) is 12.0. The number of nitro groups is 1. The van der Waals surface area contributed by atoms with Crippen molar-refractivity contribution in [3.05, 3.63) is 68.9 Å². The molecular formula is C15H13N3O4S. The Morgan fingerprint density at radius 1 is 1.43 bits per heavy atom. The minimum Gasteiger partial charge on any atom is -0.490 e. The van der Waals surface area contributed by atoms with Gasteiger partial charge in [-0.15, -0.1) is 11.3 Å². The van der Waals surface area contributed by atoms with Crippen molar-refractivity contribution in [2.45, 2.75) is 0 Å². The molecule has 0 bridgehead atoms. The Hall–Kier alpha value is -3.00. The third kappa shape index (κ3) is 4.75. The normalized spacial score (nSPS) is 10.4. The number of hydrogen-bond acceptors (Lipinski definition) is 6. The Labute approximate surface area is 136 Å². The molecule has 2 aromatic rings. The summed E-state index contributed by atoms with van der Waals surface area (Å²) in [4.78, 5) is 22.5. The van der Waals surface area contributed by atoms with Crippen LogP contribution in [0.3, 0.4) is 0 Å². The molecule has 0 aliphatic rings. The number of amides is 1. The number of hydrazone groups is 1. The molecule has 118 valence electrons. The highest BCUT2D eigenvalue weighted by Gasteiger charge is 2.08. The first kappa shape index (κ1) is 16.4. The van der Waals surface area contributed by atoms with E-state index in [-0.39, 0.29) is 11.6 Å². The standard InChI is InChI=1S/C15H13N3O4S/c1-2-7-22-13-5-3-11(4-6-13)15(19)17-16-9-14-8-12(10-23-14)18(20)21/h2-6,8-10H,1,7H2,(H,17,19)/b16-9-. The summed E-state index contributed by atoms with van der Waals surface area (Å²) in [5.41, 5.74) is 2.78. The summed E-state index contributed by atoms with van der Waals surface area (Å²) in [7, 11) is 0. The molecule has 1 amide bonds. The van der Waals surface area contributed by atoms with Gasteiger partial charge >= 0.3 is 0 Å². The van der Waals surface area contributed by atoms with Crippen LogP contribution >= 0.6 is 11.3 Å². The monoisotopic (exact) mass is 331 g/mol. The van der Waals surface area contributed by atoms with Gasteiger partial charge in [-0.2, -0.15) is 5.10 Å². The van der Waals surface area contributed by atoms with Gasteiger partial charge in [-0.25, -0.2) is 5.43 Å². The van der Waals surface area contributed by atoms with E-state index in [1.165, 1.54) is 29.0 Å². The maximum absolute atomic E-state index is 11.9. The number of carbonyl (C=O) groups is 1. The van der Waals surface area contributed by atoms with E-state index < -0.39 is 4.92 Å². The van der Waals surface area contributed by atoms with E-state index in [1.807, 2.05) is 0 Å². The lowest BCUT2D eigenvalue weighted by atomic mass is 10.2. The number of nitrogens with one attached hydrogen (secondary N) is 1. The van der Waals surface area contributed by atoms with Crippen molar-refractivity contribution in [1.82, 2.24) is 5.43 Å². The van der Waals surface area contributed by atoms with Gasteiger partial charge in [-0.05, 0) is 24.3 Å². The minimum absolute atomic E-state index is 0.00195. The summed E-state index contributed by atoms with van der Waals surface area (Å²) in [6, 6.07) is 7.94. The van der Waals surface area contributed by atoms with Crippen LogP contribution in [0.2, 0.25) is 0 Å². The molecule has 1 heterocycles. The molecule has 0 saturated heterocycles. The Balaban J connectivity index is 1.91. The topological polar surface area (TPSA) is 93.8 Å². The van der Waals surface area contributed by atoms with Crippen LogP contribution in [-0.4, -0.2) is 23.7 Å². The largest absolute Gasteiger partial charge is 0.490 e. The Kier molecular flexibility index (Phi) is 5.59. The molecule has 0 saturated carbocycles. The number of thiophene rings is 1. The second-order valence-electron chi connectivity index (χ2n) is 4.29. The van der Waals surface area contributed by atoms with Crippen molar-refractivity contribution >= 4 is 29.1 Å². The molecule has 7 nitrogen and oxygen atoms in total. The molecule has 0 aliphatic carbocycles. The summed E-state index contributed by atoms with van der Waals surface area (Å²) in [6.07, 6.45) is 2.99. The second kappa shape index (κ2) is 7.85. The van der Waals surface area contributed by atoms with E-state index in [2.05, 4.69) is 17.1 Å². The van der Waals surface area contributed by atoms with E-state index in [0.717, 1.165) is 0 Å². The van der Waals surface area contributed by atoms with Crippen LogP contribution in [-0.2, 0) is 0 Å². The molecule has 0 fully saturated rings. The van der Waals surface area contributed by atoms with E-state index in [4.69, 9.17) is 4.74 Å². The third-order valence-corrected chi connectivity index (χ3v) is 3.51.